The molecule has 3 aromatic rings. The van der Waals surface area contributed by atoms with Crippen molar-refractivity contribution < 1.29 is 0 Å². The van der Waals surface area contributed by atoms with E-state index in [1.165, 1.54) is 0 Å². The maximum Gasteiger partial charge on any atom is 0.177 e. The molecule has 1 aliphatic rings. The first-order valence-corrected chi connectivity index (χ1v) is 8.62. The first-order valence-electron chi connectivity index (χ1n) is 8.62. The second kappa shape index (κ2) is 6.25. The van der Waals surface area contributed by atoms with Gasteiger partial charge in [-0.2, -0.15) is 0 Å². The number of nitrogens with two attached hydrogens (primary N) is 3. The summed E-state index contributed by atoms with van der Waals surface area (Å²) in [6, 6.07) is 9.69. The molecule has 1 saturated carbocycles. The average molecular weight is 337 g/mol. The lowest BCUT2D eigenvalue weighted by atomic mass is 9.85. The Bertz CT molecular complexity index is 876. The maximum absolute atomic E-state index is 6.02. The summed E-state index contributed by atoms with van der Waals surface area (Å²) in [5.74, 6) is 0.882. The number of benzene rings is 1. The minimum Gasteiger partial charge on any atom is -0.399 e. The van der Waals surface area contributed by atoms with Crippen molar-refractivity contribution in [3.8, 4) is 0 Å². The summed E-state index contributed by atoms with van der Waals surface area (Å²) < 4.78 is 1.76. The van der Waals surface area contributed by atoms with Crippen LogP contribution in [0, 0.1) is 0 Å². The molecule has 2 heterocycles. The molecule has 0 aliphatic heterocycles. The molecule has 2 aromatic heterocycles. The number of rotatable bonds is 3. The van der Waals surface area contributed by atoms with Gasteiger partial charge in [-0.3, -0.25) is 0 Å². The topological polar surface area (TPSA) is 120 Å². The molecule has 1 aliphatic carbocycles. The Labute approximate surface area is 146 Å². The number of anilines is 4. The first kappa shape index (κ1) is 15.7. The summed E-state index contributed by atoms with van der Waals surface area (Å²) in [5.41, 5.74) is 22.1. The SMILES string of the molecule is Nc1ccc(Nc2cc(N)nn3cc([C@H]4CC[C@H](N)CC4)nc23)cc1. The Hall–Kier alpha value is -2.80. The van der Waals surface area contributed by atoms with Crippen LogP contribution in [0.25, 0.3) is 5.65 Å². The Morgan fingerprint density at radius 1 is 1.04 bits per heavy atom. The maximum atomic E-state index is 6.02. The summed E-state index contributed by atoms with van der Waals surface area (Å²) >= 11 is 0. The summed E-state index contributed by atoms with van der Waals surface area (Å²) in [6.07, 6.45) is 6.22. The third kappa shape index (κ3) is 3.23. The molecule has 7 N–H and O–H groups in total. The van der Waals surface area contributed by atoms with Crippen LogP contribution in [-0.4, -0.2) is 20.6 Å². The van der Waals surface area contributed by atoms with Crippen molar-refractivity contribution in [1.82, 2.24) is 14.6 Å². The van der Waals surface area contributed by atoms with E-state index in [-0.39, 0.29) is 0 Å². The van der Waals surface area contributed by atoms with Gasteiger partial charge in [0.1, 0.15) is 5.82 Å². The standard InChI is InChI=1S/C18H23N7/c19-12-3-1-11(2-4-12)16-10-25-18(23-16)15(9-17(21)24-25)22-14-7-5-13(20)6-8-14/h5-12,22H,1-4,19-20H2,(H2,21,24)/t11-,12-. The van der Waals surface area contributed by atoms with Gasteiger partial charge in [-0.15, -0.1) is 5.10 Å². The fourth-order valence-electron chi connectivity index (χ4n) is 3.44. The first-order chi connectivity index (χ1) is 12.1. The summed E-state index contributed by atoms with van der Waals surface area (Å²) in [6.45, 7) is 0. The zero-order chi connectivity index (χ0) is 17.4. The molecular formula is C18H23N7. The van der Waals surface area contributed by atoms with Crippen LogP contribution in [0.2, 0.25) is 0 Å². The number of nitrogen functional groups attached to an aromatic ring is 2. The predicted octanol–water partition coefficient (Wildman–Crippen LogP) is 2.62. The fourth-order valence-corrected chi connectivity index (χ4v) is 3.44. The van der Waals surface area contributed by atoms with Gasteiger partial charge in [0, 0.05) is 29.4 Å². The van der Waals surface area contributed by atoms with Crippen LogP contribution in [0.5, 0.6) is 0 Å². The van der Waals surface area contributed by atoms with Gasteiger partial charge in [-0.1, -0.05) is 0 Å². The Kier molecular flexibility index (Phi) is 3.93. The molecule has 0 saturated heterocycles. The van der Waals surface area contributed by atoms with Crippen LogP contribution in [0.15, 0.2) is 36.5 Å². The largest absolute Gasteiger partial charge is 0.399 e. The number of imidazole rings is 1. The highest BCUT2D eigenvalue weighted by atomic mass is 15.3. The molecule has 25 heavy (non-hydrogen) atoms. The second-order valence-electron chi connectivity index (χ2n) is 6.78. The molecule has 0 radical (unpaired) electrons. The molecule has 0 bridgehead atoms. The number of fused-ring (bicyclic) bond motifs is 1. The molecule has 1 fully saturated rings. The van der Waals surface area contributed by atoms with Crippen molar-refractivity contribution >= 4 is 28.5 Å². The van der Waals surface area contributed by atoms with Crippen LogP contribution < -0.4 is 22.5 Å². The lowest BCUT2D eigenvalue weighted by Crippen LogP contribution is -2.25. The molecule has 0 amide bonds. The Balaban J connectivity index is 1.68. The summed E-state index contributed by atoms with van der Waals surface area (Å²) in [7, 11) is 0. The molecular weight excluding hydrogens is 314 g/mol. The van der Waals surface area contributed by atoms with Crippen LogP contribution in [-0.2, 0) is 0 Å². The molecule has 1 aromatic carbocycles. The van der Waals surface area contributed by atoms with E-state index in [0.717, 1.165) is 54.1 Å². The third-order valence-corrected chi connectivity index (χ3v) is 4.84. The zero-order valence-electron chi connectivity index (χ0n) is 14.0. The normalized spacial score (nSPS) is 20.7. The Morgan fingerprint density at radius 3 is 2.48 bits per heavy atom. The molecule has 0 unspecified atom stereocenters. The predicted molar refractivity (Wildman–Crippen MR) is 101 cm³/mol. The van der Waals surface area contributed by atoms with E-state index in [9.17, 15) is 0 Å². The number of aromatic nitrogens is 3. The van der Waals surface area contributed by atoms with Crippen molar-refractivity contribution in [2.75, 3.05) is 16.8 Å². The molecule has 7 nitrogen and oxygen atoms in total. The van der Waals surface area contributed by atoms with E-state index in [4.69, 9.17) is 22.2 Å². The van der Waals surface area contributed by atoms with Gasteiger partial charge in [0.15, 0.2) is 5.65 Å². The highest BCUT2D eigenvalue weighted by molar-refractivity contribution is 5.76. The molecule has 0 spiro atoms. The summed E-state index contributed by atoms with van der Waals surface area (Å²) in [5, 5.41) is 7.73. The van der Waals surface area contributed by atoms with Crippen LogP contribution in [0.3, 0.4) is 0 Å². The van der Waals surface area contributed by atoms with Gasteiger partial charge in [0.2, 0.25) is 0 Å². The zero-order valence-corrected chi connectivity index (χ0v) is 14.0. The van der Waals surface area contributed by atoms with Crippen LogP contribution in [0.4, 0.5) is 22.9 Å². The number of hydrogen-bond donors (Lipinski definition) is 4. The van der Waals surface area contributed by atoms with E-state index in [2.05, 4.69) is 10.4 Å². The van der Waals surface area contributed by atoms with Crippen molar-refractivity contribution in [2.24, 2.45) is 5.73 Å². The van der Waals surface area contributed by atoms with Crippen LogP contribution >= 0.6 is 0 Å². The molecule has 4 rings (SSSR count). The summed E-state index contributed by atoms with van der Waals surface area (Å²) in [4.78, 5) is 4.83. The van der Waals surface area contributed by atoms with E-state index in [1.807, 2.05) is 30.5 Å². The smallest absolute Gasteiger partial charge is 0.177 e. The minimum atomic E-state index is 0.324. The number of hydrogen-bond acceptors (Lipinski definition) is 6. The molecule has 7 heteroatoms. The van der Waals surface area contributed by atoms with E-state index in [0.29, 0.717) is 17.8 Å². The number of nitrogens with zero attached hydrogens (tertiary/aromatic N) is 3. The third-order valence-electron chi connectivity index (χ3n) is 4.84. The lowest BCUT2D eigenvalue weighted by molar-refractivity contribution is 0.391. The highest BCUT2D eigenvalue weighted by Crippen LogP contribution is 2.33. The van der Waals surface area contributed by atoms with Gasteiger partial charge < -0.3 is 22.5 Å². The van der Waals surface area contributed by atoms with Gasteiger partial charge in [0.25, 0.3) is 0 Å². The van der Waals surface area contributed by atoms with E-state index in [1.54, 1.807) is 10.6 Å². The van der Waals surface area contributed by atoms with E-state index < -0.39 is 0 Å². The van der Waals surface area contributed by atoms with Gasteiger partial charge >= 0.3 is 0 Å². The van der Waals surface area contributed by atoms with Gasteiger partial charge in [0.05, 0.1) is 17.6 Å². The quantitative estimate of drug-likeness (QED) is 0.545. The molecule has 0 atom stereocenters. The second-order valence-corrected chi connectivity index (χ2v) is 6.78. The Morgan fingerprint density at radius 2 is 1.76 bits per heavy atom. The minimum absolute atomic E-state index is 0.324. The van der Waals surface area contributed by atoms with Gasteiger partial charge in [-0.25, -0.2) is 9.50 Å². The fraction of sp³-hybridized carbons (Fsp3) is 0.333. The monoisotopic (exact) mass is 337 g/mol. The number of nitrogens with one attached hydrogen (secondary N) is 1. The highest BCUT2D eigenvalue weighted by Gasteiger charge is 2.23. The van der Waals surface area contributed by atoms with Crippen molar-refractivity contribution in [1.29, 1.82) is 0 Å². The van der Waals surface area contributed by atoms with Gasteiger partial charge in [-0.05, 0) is 49.9 Å². The van der Waals surface area contributed by atoms with Crippen molar-refractivity contribution in [2.45, 2.75) is 37.6 Å². The van der Waals surface area contributed by atoms with Crippen molar-refractivity contribution in [3.05, 3.63) is 42.2 Å². The lowest BCUT2D eigenvalue weighted by Gasteiger charge is -2.24. The average Bonchev–Trinajstić information content (AvgIpc) is 3.01. The van der Waals surface area contributed by atoms with Crippen molar-refractivity contribution in [3.63, 3.8) is 0 Å². The van der Waals surface area contributed by atoms with E-state index >= 15 is 0 Å². The molecule has 130 valence electrons. The van der Waals surface area contributed by atoms with Crippen LogP contribution in [0.1, 0.15) is 37.3 Å².